The van der Waals surface area contributed by atoms with Crippen LogP contribution in [-0.4, -0.2) is 67.7 Å². The van der Waals surface area contributed by atoms with Crippen LogP contribution in [0, 0.1) is 0 Å². The molecule has 1 rings (SSSR count). The highest BCUT2D eigenvalue weighted by molar-refractivity contribution is 5.84. The van der Waals surface area contributed by atoms with Crippen LogP contribution in [0.15, 0.2) is 0 Å². The van der Waals surface area contributed by atoms with E-state index in [1.807, 2.05) is 18.7 Å². The van der Waals surface area contributed by atoms with Crippen molar-refractivity contribution in [3.63, 3.8) is 0 Å². The number of hydrogen-bond donors (Lipinski definition) is 1. The van der Waals surface area contributed by atoms with Crippen molar-refractivity contribution in [2.75, 3.05) is 46.4 Å². The van der Waals surface area contributed by atoms with Gasteiger partial charge in [0.2, 0.25) is 0 Å². The number of carbonyl (C=O) groups is 1. The van der Waals surface area contributed by atoms with Crippen molar-refractivity contribution in [2.45, 2.75) is 25.9 Å². The maximum atomic E-state index is 12.3. The van der Waals surface area contributed by atoms with E-state index < -0.39 is 5.60 Å². The molecule has 1 fully saturated rings. The van der Waals surface area contributed by atoms with E-state index in [9.17, 15) is 4.79 Å². The Hall–Kier alpha value is -0.650. The number of methoxy groups -OCH3 is 1. The summed E-state index contributed by atoms with van der Waals surface area (Å²) in [5.74, 6) is 0.106. The summed E-state index contributed by atoms with van der Waals surface area (Å²) in [6.07, 6.45) is 0.700. The van der Waals surface area contributed by atoms with Gasteiger partial charge in [-0.3, -0.25) is 9.69 Å². The Balaban J connectivity index is 2.51. The van der Waals surface area contributed by atoms with Crippen molar-refractivity contribution in [2.24, 2.45) is 5.73 Å². The summed E-state index contributed by atoms with van der Waals surface area (Å²) in [6, 6.07) is 0. The second kappa shape index (κ2) is 6.33. The molecule has 5 nitrogen and oxygen atoms in total. The lowest BCUT2D eigenvalue weighted by molar-refractivity contribution is -0.155. The molecule has 1 heterocycles. The van der Waals surface area contributed by atoms with Gasteiger partial charge in [-0.15, -0.1) is 0 Å². The molecule has 2 N–H and O–H groups in total. The molecule has 1 unspecified atom stereocenters. The smallest absolute Gasteiger partial charge is 0.254 e. The number of rotatable bonds is 5. The minimum absolute atomic E-state index is 0.106. The fourth-order valence-electron chi connectivity index (χ4n) is 2.07. The van der Waals surface area contributed by atoms with E-state index in [-0.39, 0.29) is 5.91 Å². The Bertz CT molecular complexity index is 246. The van der Waals surface area contributed by atoms with Gasteiger partial charge in [-0.1, -0.05) is 6.92 Å². The van der Waals surface area contributed by atoms with E-state index in [0.717, 1.165) is 32.7 Å². The van der Waals surface area contributed by atoms with E-state index >= 15 is 0 Å². The summed E-state index contributed by atoms with van der Waals surface area (Å²) in [7, 11) is 1.60. The fraction of sp³-hybridized carbons (Fsp3) is 0.917. The van der Waals surface area contributed by atoms with Crippen molar-refractivity contribution in [3.8, 4) is 0 Å². The number of ether oxygens (including phenoxy) is 1. The standard InChI is InChI=1S/C12H25N3O2/c1-4-12(2,17-3)11(16)15-9-7-14(6-5-13)8-10-15/h4-10,13H2,1-3H3. The first-order chi connectivity index (χ1) is 8.07. The summed E-state index contributed by atoms with van der Waals surface area (Å²) < 4.78 is 5.35. The van der Waals surface area contributed by atoms with E-state index in [4.69, 9.17) is 10.5 Å². The molecule has 100 valence electrons. The van der Waals surface area contributed by atoms with Gasteiger partial charge in [0.15, 0.2) is 0 Å². The Kier molecular flexibility index (Phi) is 5.36. The van der Waals surface area contributed by atoms with Crippen LogP contribution in [0.5, 0.6) is 0 Å². The van der Waals surface area contributed by atoms with Gasteiger partial charge in [0, 0.05) is 46.4 Å². The molecule has 17 heavy (non-hydrogen) atoms. The summed E-state index contributed by atoms with van der Waals surface area (Å²) in [4.78, 5) is 16.5. The lowest BCUT2D eigenvalue weighted by Crippen LogP contribution is -2.55. The predicted octanol–water partition coefficient (Wildman–Crippen LogP) is -0.0956. The van der Waals surface area contributed by atoms with E-state index in [0.29, 0.717) is 13.0 Å². The molecule has 1 saturated heterocycles. The molecule has 1 atom stereocenters. The number of nitrogens with zero attached hydrogens (tertiary/aromatic N) is 2. The molecule has 0 bridgehead atoms. The van der Waals surface area contributed by atoms with E-state index in [1.165, 1.54) is 0 Å². The normalized spacial score (nSPS) is 21.3. The highest BCUT2D eigenvalue weighted by atomic mass is 16.5. The van der Waals surface area contributed by atoms with Crippen LogP contribution in [-0.2, 0) is 9.53 Å². The number of nitrogens with two attached hydrogens (primary N) is 1. The summed E-state index contributed by atoms with van der Waals surface area (Å²) in [6.45, 7) is 8.80. The van der Waals surface area contributed by atoms with Crippen LogP contribution in [0.2, 0.25) is 0 Å². The molecule has 0 aromatic carbocycles. The quantitative estimate of drug-likeness (QED) is 0.733. The Labute approximate surface area is 104 Å². The summed E-state index contributed by atoms with van der Waals surface area (Å²) in [5.41, 5.74) is 4.85. The average molecular weight is 243 g/mol. The molecule has 0 radical (unpaired) electrons. The zero-order chi connectivity index (χ0) is 12.9. The van der Waals surface area contributed by atoms with Gasteiger partial charge >= 0.3 is 0 Å². The lowest BCUT2D eigenvalue weighted by atomic mass is 10.0. The number of carbonyl (C=O) groups excluding carboxylic acids is 1. The van der Waals surface area contributed by atoms with Gasteiger partial charge in [0.25, 0.3) is 5.91 Å². The topological polar surface area (TPSA) is 58.8 Å². The third-order valence-electron chi connectivity index (χ3n) is 3.68. The van der Waals surface area contributed by atoms with Crippen LogP contribution >= 0.6 is 0 Å². The fourth-order valence-corrected chi connectivity index (χ4v) is 2.07. The molecule has 0 aromatic rings. The second-order valence-electron chi connectivity index (χ2n) is 4.71. The average Bonchev–Trinajstić information content (AvgIpc) is 2.38. The molecule has 5 heteroatoms. The van der Waals surface area contributed by atoms with Crippen molar-refractivity contribution in [1.29, 1.82) is 0 Å². The largest absolute Gasteiger partial charge is 0.369 e. The number of piperazine rings is 1. The van der Waals surface area contributed by atoms with Gasteiger partial charge in [-0.2, -0.15) is 0 Å². The van der Waals surface area contributed by atoms with Gasteiger partial charge in [0.05, 0.1) is 0 Å². The molecule has 1 amide bonds. The van der Waals surface area contributed by atoms with Crippen LogP contribution in [0.25, 0.3) is 0 Å². The Morgan fingerprint density at radius 1 is 1.35 bits per heavy atom. The van der Waals surface area contributed by atoms with E-state index in [2.05, 4.69) is 4.90 Å². The minimum Gasteiger partial charge on any atom is -0.369 e. The first kappa shape index (κ1) is 14.4. The third kappa shape index (κ3) is 3.40. The molecular formula is C12H25N3O2. The highest BCUT2D eigenvalue weighted by Crippen LogP contribution is 2.18. The maximum Gasteiger partial charge on any atom is 0.254 e. The monoisotopic (exact) mass is 243 g/mol. The first-order valence-electron chi connectivity index (χ1n) is 6.34. The van der Waals surface area contributed by atoms with Crippen LogP contribution in [0.3, 0.4) is 0 Å². The van der Waals surface area contributed by atoms with Crippen molar-refractivity contribution in [3.05, 3.63) is 0 Å². The zero-order valence-corrected chi connectivity index (χ0v) is 11.2. The molecular weight excluding hydrogens is 218 g/mol. The number of hydrogen-bond acceptors (Lipinski definition) is 4. The molecule has 0 spiro atoms. The molecule has 0 aliphatic carbocycles. The highest BCUT2D eigenvalue weighted by Gasteiger charge is 2.36. The van der Waals surface area contributed by atoms with Gasteiger partial charge < -0.3 is 15.4 Å². The first-order valence-corrected chi connectivity index (χ1v) is 6.34. The van der Waals surface area contributed by atoms with Crippen molar-refractivity contribution in [1.82, 2.24) is 9.80 Å². The Morgan fingerprint density at radius 3 is 2.35 bits per heavy atom. The summed E-state index contributed by atoms with van der Waals surface area (Å²) in [5, 5.41) is 0. The molecule has 0 aromatic heterocycles. The SMILES string of the molecule is CCC(C)(OC)C(=O)N1CCN(CCN)CC1. The summed E-state index contributed by atoms with van der Waals surface area (Å²) >= 11 is 0. The van der Waals surface area contributed by atoms with E-state index in [1.54, 1.807) is 7.11 Å². The van der Waals surface area contributed by atoms with Crippen LogP contribution in [0.4, 0.5) is 0 Å². The number of amides is 1. The Morgan fingerprint density at radius 2 is 1.94 bits per heavy atom. The van der Waals surface area contributed by atoms with Gasteiger partial charge in [-0.05, 0) is 13.3 Å². The lowest BCUT2D eigenvalue weighted by Gasteiger charge is -2.38. The van der Waals surface area contributed by atoms with Crippen molar-refractivity contribution < 1.29 is 9.53 Å². The van der Waals surface area contributed by atoms with Crippen LogP contribution in [0.1, 0.15) is 20.3 Å². The van der Waals surface area contributed by atoms with Crippen molar-refractivity contribution >= 4 is 5.91 Å². The molecule has 0 saturated carbocycles. The molecule has 1 aliphatic rings. The van der Waals surface area contributed by atoms with Gasteiger partial charge in [-0.25, -0.2) is 0 Å². The zero-order valence-electron chi connectivity index (χ0n) is 11.2. The van der Waals surface area contributed by atoms with Gasteiger partial charge in [0.1, 0.15) is 5.60 Å². The third-order valence-corrected chi connectivity index (χ3v) is 3.68. The minimum atomic E-state index is -0.671. The predicted molar refractivity (Wildman–Crippen MR) is 67.8 cm³/mol. The second-order valence-corrected chi connectivity index (χ2v) is 4.71. The maximum absolute atomic E-state index is 12.3. The van der Waals surface area contributed by atoms with Crippen LogP contribution < -0.4 is 5.73 Å². The molecule has 1 aliphatic heterocycles.